The predicted molar refractivity (Wildman–Crippen MR) is 122 cm³/mol. The molecule has 1 N–H and O–H groups in total. The van der Waals surface area contributed by atoms with E-state index in [1.165, 1.54) is 26.6 Å². The van der Waals surface area contributed by atoms with Crippen molar-refractivity contribution in [3.05, 3.63) is 52.5 Å². The molecule has 0 saturated carbocycles. The summed E-state index contributed by atoms with van der Waals surface area (Å²) in [6.07, 6.45) is 16.5. The summed E-state index contributed by atoms with van der Waals surface area (Å²) in [6, 6.07) is 6.78. The van der Waals surface area contributed by atoms with Gasteiger partial charge in [0.2, 0.25) is 0 Å². The molecule has 4 nitrogen and oxygen atoms in total. The summed E-state index contributed by atoms with van der Waals surface area (Å²) in [4.78, 5) is 20.1. The molecule has 2 aliphatic rings. The van der Waals surface area contributed by atoms with Crippen LogP contribution in [0.25, 0.3) is 6.08 Å². The second-order valence-corrected chi connectivity index (χ2v) is 11.3. The Labute approximate surface area is 169 Å². The van der Waals surface area contributed by atoms with Gasteiger partial charge in [-0.2, -0.15) is 10.0 Å². The largest absolute Gasteiger partial charge is 0.481 e. The molecule has 0 spiro atoms. The number of unbranched alkanes of at least 4 members (excludes halogenated alkanes) is 2. The van der Waals surface area contributed by atoms with Gasteiger partial charge in [-0.05, 0) is 66.9 Å². The average molecular weight is 399 g/mol. The van der Waals surface area contributed by atoms with Crippen LogP contribution < -0.4 is 4.90 Å². The second kappa shape index (κ2) is 8.39. The number of fused-ring (bicyclic) bond motifs is 2. The van der Waals surface area contributed by atoms with Crippen LogP contribution in [0.1, 0.15) is 31.2 Å². The van der Waals surface area contributed by atoms with Crippen molar-refractivity contribution in [3.63, 3.8) is 0 Å². The molecule has 1 aromatic carbocycles. The number of anilines is 1. The summed E-state index contributed by atoms with van der Waals surface area (Å²) in [5.41, 5.74) is 4.88. The van der Waals surface area contributed by atoms with Crippen LogP contribution in [0.15, 0.2) is 56.8 Å². The molecule has 150 valence electrons. The van der Waals surface area contributed by atoms with Crippen molar-refractivity contribution in [2.75, 3.05) is 38.1 Å². The molecule has 0 bridgehead atoms. The summed E-state index contributed by atoms with van der Waals surface area (Å²) in [7, 11) is 2.85. The van der Waals surface area contributed by atoms with E-state index in [2.05, 4.69) is 72.0 Å². The minimum absolute atomic E-state index is 0.265. The van der Waals surface area contributed by atoms with Crippen molar-refractivity contribution < 1.29 is 9.90 Å². The van der Waals surface area contributed by atoms with E-state index in [0.717, 1.165) is 31.5 Å². The number of allylic oxidation sites excluding steroid dienone is 4. The first-order chi connectivity index (χ1) is 13.3. The first kappa shape index (κ1) is 20.5. The number of carboxylic acid groups (broad SMARTS) is 1. The zero-order chi connectivity index (χ0) is 20.3. The van der Waals surface area contributed by atoms with E-state index in [-0.39, 0.29) is 6.42 Å². The highest BCUT2D eigenvalue weighted by molar-refractivity contribution is 8.36. The standard InChI is InChI=1S/C23H30N2O2S/c1-24-19-11-9-17-14-18-10-12-20(16-22(18)28(3,4)21(17)15-19)25(2)13-7-5-6-8-23(26)27/h9-12,14-16H,5-8,13H2,1-4H3,(H,26,27). The van der Waals surface area contributed by atoms with E-state index in [9.17, 15) is 4.79 Å². The Morgan fingerprint density at radius 1 is 1.14 bits per heavy atom. The SMILES string of the molecule is CN=C1C=CC2=Cc3ccc(N(C)CCCCCC(=O)O)cc3S(C)(C)C2=C1. The fourth-order valence-corrected chi connectivity index (χ4v) is 6.26. The number of rotatable bonds is 7. The first-order valence-electron chi connectivity index (χ1n) is 9.72. The molecule has 0 unspecified atom stereocenters. The lowest BCUT2D eigenvalue weighted by atomic mass is 10.0. The summed E-state index contributed by atoms with van der Waals surface area (Å²) in [6.45, 7) is 0.938. The van der Waals surface area contributed by atoms with E-state index in [0.29, 0.717) is 0 Å². The van der Waals surface area contributed by atoms with Gasteiger partial charge < -0.3 is 10.0 Å². The lowest BCUT2D eigenvalue weighted by Crippen LogP contribution is -2.19. The maximum atomic E-state index is 10.6. The third kappa shape index (κ3) is 4.25. The Hall–Kier alpha value is -2.27. The van der Waals surface area contributed by atoms with Gasteiger partial charge in [0.15, 0.2) is 0 Å². The van der Waals surface area contributed by atoms with E-state index in [4.69, 9.17) is 5.11 Å². The topological polar surface area (TPSA) is 52.9 Å². The minimum Gasteiger partial charge on any atom is -0.481 e. The Bertz CT molecular complexity index is 894. The van der Waals surface area contributed by atoms with E-state index >= 15 is 0 Å². The van der Waals surface area contributed by atoms with Crippen molar-refractivity contribution in [2.24, 2.45) is 4.99 Å². The highest BCUT2D eigenvalue weighted by atomic mass is 32.3. The summed E-state index contributed by atoms with van der Waals surface area (Å²) >= 11 is 0. The predicted octanol–water partition coefficient (Wildman–Crippen LogP) is 5.11. The number of benzene rings is 1. The van der Waals surface area contributed by atoms with Crippen molar-refractivity contribution >= 4 is 33.5 Å². The Morgan fingerprint density at radius 3 is 2.64 bits per heavy atom. The van der Waals surface area contributed by atoms with Crippen LogP contribution in [0.3, 0.4) is 0 Å². The van der Waals surface area contributed by atoms with Crippen LogP contribution >= 0.6 is 10.0 Å². The Kier molecular flexibility index (Phi) is 6.14. The van der Waals surface area contributed by atoms with Gasteiger partial charge in [0.05, 0.1) is 5.71 Å². The second-order valence-electron chi connectivity index (χ2n) is 7.76. The number of carboxylic acids is 1. The smallest absolute Gasteiger partial charge is 0.303 e. The molecule has 28 heavy (non-hydrogen) atoms. The van der Waals surface area contributed by atoms with Gasteiger partial charge in [-0.25, -0.2) is 0 Å². The zero-order valence-electron chi connectivity index (χ0n) is 17.2. The van der Waals surface area contributed by atoms with Crippen LogP contribution in [-0.2, 0) is 4.79 Å². The van der Waals surface area contributed by atoms with Gasteiger partial charge in [0.25, 0.3) is 0 Å². The highest BCUT2D eigenvalue weighted by Crippen LogP contribution is 2.63. The van der Waals surface area contributed by atoms with E-state index in [1.54, 1.807) is 0 Å². The van der Waals surface area contributed by atoms with Crippen LogP contribution in [-0.4, -0.2) is 49.9 Å². The van der Waals surface area contributed by atoms with Crippen LogP contribution in [0.2, 0.25) is 0 Å². The molecule has 1 aromatic rings. The van der Waals surface area contributed by atoms with Crippen molar-refractivity contribution in [1.29, 1.82) is 0 Å². The Morgan fingerprint density at radius 2 is 1.93 bits per heavy atom. The average Bonchev–Trinajstić information content (AvgIpc) is 2.67. The maximum absolute atomic E-state index is 10.6. The third-order valence-electron chi connectivity index (χ3n) is 5.49. The first-order valence-corrected chi connectivity index (χ1v) is 12.2. The molecule has 1 aliphatic heterocycles. The van der Waals surface area contributed by atoms with Crippen LogP contribution in [0, 0.1) is 0 Å². The normalized spacial score (nSPS) is 19.4. The van der Waals surface area contributed by atoms with Crippen molar-refractivity contribution in [2.45, 2.75) is 30.6 Å². The van der Waals surface area contributed by atoms with Gasteiger partial charge in [-0.1, -0.05) is 18.6 Å². The maximum Gasteiger partial charge on any atom is 0.303 e. The molecule has 0 atom stereocenters. The summed E-state index contributed by atoms with van der Waals surface area (Å²) in [5.74, 6) is -0.705. The molecule has 0 amide bonds. The molecule has 0 fully saturated rings. The molecule has 0 radical (unpaired) electrons. The molecule has 0 saturated heterocycles. The van der Waals surface area contributed by atoms with Gasteiger partial charge >= 0.3 is 5.97 Å². The molecule has 5 heteroatoms. The van der Waals surface area contributed by atoms with Crippen LogP contribution in [0.5, 0.6) is 0 Å². The molecule has 0 aromatic heterocycles. The van der Waals surface area contributed by atoms with E-state index < -0.39 is 16.0 Å². The van der Waals surface area contributed by atoms with Crippen molar-refractivity contribution in [1.82, 2.24) is 0 Å². The number of aliphatic carboxylic acids is 1. The highest BCUT2D eigenvalue weighted by Gasteiger charge is 2.30. The van der Waals surface area contributed by atoms with Gasteiger partial charge in [-0.3, -0.25) is 9.79 Å². The molecule has 1 heterocycles. The molecular formula is C23H30N2O2S. The number of hydrogen-bond donors (Lipinski definition) is 1. The van der Waals surface area contributed by atoms with Gasteiger partial charge in [-0.15, -0.1) is 0 Å². The van der Waals surface area contributed by atoms with Crippen molar-refractivity contribution in [3.8, 4) is 0 Å². The summed E-state index contributed by atoms with van der Waals surface area (Å²) in [5, 5.41) is 8.75. The Balaban J connectivity index is 1.79. The third-order valence-corrected chi connectivity index (χ3v) is 8.39. The number of carbonyl (C=O) groups is 1. The number of hydrogen-bond acceptors (Lipinski definition) is 3. The quantitative estimate of drug-likeness (QED) is 0.649. The monoisotopic (exact) mass is 398 g/mol. The molecule has 1 aliphatic carbocycles. The molecule has 3 rings (SSSR count). The fourth-order valence-electron chi connectivity index (χ4n) is 3.76. The van der Waals surface area contributed by atoms with Gasteiger partial charge in [0, 0.05) is 42.5 Å². The number of nitrogens with zero attached hydrogens (tertiary/aromatic N) is 2. The minimum atomic E-state index is -1.11. The van der Waals surface area contributed by atoms with E-state index in [1.807, 2.05) is 7.05 Å². The molecular weight excluding hydrogens is 368 g/mol. The number of aliphatic imine (C=N–C) groups is 1. The van der Waals surface area contributed by atoms with Crippen LogP contribution in [0.4, 0.5) is 5.69 Å². The lowest BCUT2D eigenvalue weighted by Gasteiger charge is -2.41. The summed E-state index contributed by atoms with van der Waals surface area (Å²) < 4.78 is 0. The fraction of sp³-hybridized carbons (Fsp3) is 0.391. The zero-order valence-corrected chi connectivity index (χ0v) is 18.1. The van der Waals surface area contributed by atoms with Gasteiger partial charge in [0.1, 0.15) is 0 Å². The lowest BCUT2D eigenvalue weighted by molar-refractivity contribution is -0.137.